The van der Waals surface area contributed by atoms with Crippen LogP contribution >= 0.6 is 7.75 Å². The molecule has 0 bridgehead atoms. The molecule has 8 nitrogen and oxygen atoms in total. The molecule has 0 aromatic rings. The van der Waals surface area contributed by atoms with Crippen molar-refractivity contribution in [2.45, 2.75) is 13.0 Å². The first kappa shape index (κ1) is 14.9. The molecule has 1 unspecified atom stereocenters. The van der Waals surface area contributed by atoms with Gasteiger partial charge in [-0.05, 0) is 6.92 Å². The minimum Gasteiger partial charge on any atom is -0.480 e. The van der Waals surface area contributed by atoms with E-state index >= 15 is 0 Å². The Morgan fingerprint density at radius 2 is 1.69 bits per heavy atom. The Morgan fingerprint density at radius 3 is 1.94 bits per heavy atom. The maximum atomic E-state index is 11.9. The van der Waals surface area contributed by atoms with E-state index in [1.54, 1.807) is 0 Å². The molecule has 0 saturated heterocycles. The number of ether oxygens (including phenoxy) is 1. The fourth-order valence-corrected chi connectivity index (χ4v) is 2.22. The fourth-order valence-electron chi connectivity index (χ4n) is 0.919. The van der Waals surface area contributed by atoms with Crippen molar-refractivity contribution in [2.24, 2.45) is 0 Å². The largest absolute Gasteiger partial charge is 0.480 e. The van der Waals surface area contributed by atoms with Crippen LogP contribution in [0.2, 0.25) is 0 Å². The molecule has 0 aliphatic heterocycles. The van der Waals surface area contributed by atoms with Crippen molar-refractivity contribution < 1.29 is 33.0 Å². The summed E-state index contributed by atoms with van der Waals surface area (Å²) in [5.74, 6) is -1.36. The van der Waals surface area contributed by atoms with Gasteiger partial charge in [0.1, 0.15) is 6.04 Å². The molecule has 0 aromatic carbocycles. The molecule has 0 heterocycles. The quantitative estimate of drug-likeness (QED) is 0.729. The lowest BCUT2D eigenvalue weighted by atomic mass is 10.3. The zero-order valence-electron chi connectivity index (χ0n) is 9.37. The highest BCUT2D eigenvalue weighted by atomic mass is 31.2. The summed E-state index contributed by atoms with van der Waals surface area (Å²) in [7, 11) is -0.896. The fraction of sp³-hybridized carbons (Fsp3) is 0.714. The van der Waals surface area contributed by atoms with Gasteiger partial charge in [-0.25, -0.2) is 14.2 Å². The average Bonchev–Trinajstić information content (AvgIpc) is 2.28. The Hall–Kier alpha value is -1.11. The van der Waals surface area contributed by atoms with E-state index in [4.69, 9.17) is 5.11 Å². The molecule has 1 N–H and O–H groups in total. The summed E-state index contributed by atoms with van der Waals surface area (Å²) in [6.07, 6.45) is -1.11. The van der Waals surface area contributed by atoms with Crippen LogP contribution in [-0.2, 0) is 23.1 Å². The van der Waals surface area contributed by atoms with Crippen LogP contribution in [0.5, 0.6) is 0 Å². The minimum atomic E-state index is -4.00. The molecule has 0 fully saturated rings. The van der Waals surface area contributed by atoms with Gasteiger partial charge in [0.2, 0.25) is 0 Å². The normalized spacial score (nSPS) is 13.0. The van der Waals surface area contributed by atoms with Crippen LogP contribution < -0.4 is 0 Å². The first-order valence-electron chi connectivity index (χ1n) is 4.16. The number of rotatable bonds is 5. The van der Waals surface area contributed by atoms with Crippen LogP contribution in [0, 0.1) is 0 Å². The molecule has 0 saturated carbocycles. The lowest BCUT2D eigenvalue weighted by molar-refractivity contribution is -0.140. The summed E-state index contributed by atoms with van der Waals surface area (Å²) in [4.78, 5) is 22.1. The summed E-state index contributed by atoms with van der Waals surface area (Å²) >= 11 is 0. The van der Waals surface area contributed by atoms with Crippen LogP contribution in [0.3, 0.4) is 0 Å². The predicted molar refractivity (Wildman–Crippen MR) is 53.0 cm³/mol. The second-order valence-electron chi connectivity index (χ2n) is 2.66. The lowest BCUT2D eigenvalue weighted by Gasteiger charge is -2.29. The van der Waals surface area contributed by atoms with Gasteiger partial charge in [-0.1, -0.05) is 0 Å². The first-order valence-corrected chi connectivity index (χ1v) is 5.65. The van der Waals surface area contributed by atoms with Gasteiger partial charge in [0.15, 0.2) is 0 Å². The van der Waals surface area contributed by atoms with Crippen molar-refractivity contribution in [3.8, 4) is 0 Å². The van der Waals surface area contributed by atoms with Gasteiger partial charge in [-0.15, -0.1) is 0 Å². The van der Waals surface area contributed by atoms with Gasteiger partial charge >= 0.3 is 19.8 Å². The second-order valence-corrected chi connectivity index (χ2v) is 4.76. The molecular weight excluding hydrogens is 241 g/mol. The highest BCUT2D eigenvalue weighted by Crippen LogP contribution is 2.52. The van der Waals surface area contributed by atoms with Gasteiger partial charge in [0.05, 0.1) is 7.11 Å². The minimum absolute atomic E-state index is 0.412. The van der Waals surface area contributed by atoms with E-state index in [9.17, 15) is 14.2 Å². The van der Waals surface area contributed by atoms with Crippen molar-refractivity contribution in [2.75, 3.05) is 21.3 Å². The molecule has 16 heavy (non-hydrogen) atoms. The van der Waals surface area contributed by atoms with Gasteiger partial charge < -0.3 is 9.84 Å². The third-order valence-corrected chi connectivity index (χ3v) is 3.77. The van der Waals surface area contributed by atoms with Crippen LogP contribution in [0.1, 0.15) is 6.92 Å². The Morgan fingerprint density at radius 1 is 1.25 bits per heavy atom. The van der Waals surface area contributed by atoms with Crippen LogP contribution in [0.4, 0.5) is 4.79 Å². The molecule has 0 rings (SSSR count). The molecule has 1 amide bonds. The van der Waals surface area contributed by atoms with E-state index in [0.717, 1.165) is 28.3 Å². The lowest BCUT2D eigenvalue weighted by Crippen LogP contribution is -2.41. The summed E-state index contributed by atoms with van der Waals surface area (Å²) in [6.45, 7) is 1.16. The van der Waals surface area contributed by atoms with E-state index < -0.39 is 25.9 Å². The molecule has 0 spiro atoms. The van der Waals surface area contributed by atoms with E-state index in [0.29, 0.717) is 4.67 Å². The molecule has 0 radical (unpaired) electrons. The third-order valence-electron chi connectivity index (χ3n) is 1.81. The molecule has 0 aliphatic carbocycles. The van der Waals surface area contributed by atoms with Crippen LogP contribution in [-0.4, -0.2) is 49.2 Å². The number of carboxylic acid groups (broad SMARTS) is 1. The summed E-state index contributed by atoms with van der Waals surface area (Å²) < 4.78 is 25.7. The SMILES string of the molecule is COC(=O)N(C(C)C(=O)O)P(=O)(OC)OC. The number of methoxy groups -OCH3 is 1. The number of hydrogen-bond donors (Lipinski definition) is 1. The van der Waals surface area contributed by atoms with E-state index in [-0.39, 0.29) is 0 Å². The first-order chi connectivity index (χ1) is 7.33. The second kappa shape index (κ2) is 5.83. The number of carbonyl (C=O) groups is 2. The number of carbonyl (C=O) groups excluding carboxylic acids is 1. The van der Waals surface area contributed by atoms with Gasteiger partial charge in [0, 0.05) is 14.2 Å². The maximum Gasteiger partial charge on any atom is 0.440 e. The number of hydrogen-bond acceptors (Lipinski definition) is 6. The summed E-state index contributed by atoms with van der Waals surface area (Å²) in [6, 6.07) is -1.40. The molecular formula is C7H14NO7P. The number of nitrogens with zero attached hydrogens (tertiary/aromatic N) is 1. The maximum absolute atomic E-state index is 11.9. The van der Waals surface area contributed by atoms with Crippen molar-refractivity contribution >= 4 is 19.8 Å². The standard InChI is InChI=1S/C7H14NO7P/c1-5(6(9)10)8(7(11)13-2)16(12,14-3)15-4/h5H,1-4H3,(H,9,10). The molecule has 9 heteroatoms. The van der Waals surface area contributed by atoms with E-state index in [1.807, 2.05) is 0 Å². The number of amides is 1. The van der Waals surface area contributed by atoms with Crippen LogP contribution in [0.15, 0.2) is 0 Å². The molecule has 0 aromatic heterocycles. The average molecular weight is 255 g/mol. The molecule has 0 aliphatic rings. The van der Waals surface area contributed by atoms with E-state index in [1.165, 1.54) is 0 Å². The predicted octanol–water partition coefficient (Wildman–Crippen LogP) is 0.929. The highest BCUT2D eigenvalue weighted by Gasteiger charge is 2.43. The zero-order chi connectivity index (χ0) is 12.9. The monoisotopic (exact) mass is 255 g/mol. The van der Waals surface area contributed by atoms with E-state index in [2.05, 4.69) is 13.8 Å². The topological polar surface area (TPSA) is 102 Å². The highest BCUT2D eigenvalue weighted by molar-refractivity contribution is 7.52. The Balaban J connectivity index is 5.32. The van der Waals surface area contributed by atoms with Gasteiger partial charge in [-0.2, -0.15) is 4.67 Å². The third kappa shape index (κ3) is 2.94. The molecule has 1 atom stereocenters. The van der Waals surface area contributed by atoms with Gasteiger partial charge in [-0.3, -0.25) is 9.05 Å². The zero-order valence-corrected chi connectivity index (χ0v) is 10.3. The van der Waals surface area contributed by atoms with Gasteiger partial charge in [0.25, 0.3) is 0 Å². The Labute approximate surface area is 92.7 Å². The number of carboxylic acids is 1. The summed E-state index contributed by atoms with van der Waals surface area (Å²) in [5.41, 5.74) is 0. The Bertz CT molecular complexity index is 310. The van der Waals surface area contributed by atoms with Crippen molar-refractivity contribution in [3.63, 3.8) is 0 Å². The van der Waals surface area contributed by atoms with Crippen LogP contribution in [0.25, 0.3) is 0 Å². The van der Waals surface area contributed by atoms with Crippen molar-refractivity contribution in [1.82, 2.24) is 4.67 Å². The summed E-state index contributed by atoms with van der Waals surface area (Å²) in [5, 5.41) is 8.77. The Kier molecular flexibility index (Phi) is 5.43. The number of aliphatic carboxylic acids is 1. The molecule has 94 valence electrons. The van der Waals surface area contributed by atoms with Crippen molar-refractivity contribution in [3.05, 3.63) is 0 Å². The van der Waals surface area contributed by atoms with Crippen molar-refractivity contribution in [1.29, 1.82) is 0 Å². The smallest absolute Gasteiger partial charge is 0.440 e.